The smallest absolute Gasteiger partial charge is 0.416 e. The van der Waals surface area contributed by atoms with Crippen molar-refractivity contribution in [2.24, 2.45) is 0 Å². The third kappa shape index (κ3) is 3.91. The molecule has 0 saturated carbocycles. The average Bonchev–Trinajstić information content (AvgIpc) is 2.38. The van der Waals surface area contributed by atoms with Crippen molar-refractivity contribution in [3.05, 3.63) is 18.6 Å². The Labute approximate surface area is 125 Å². The van der Waals surface area contributed by atoms with Gasteiger partial charge in [0.05, 0.1) is 11.7 Å². The molecule has 1 aliphatic rings. The van der Waals surface area contributed by atoms with Crippen molar-refractivity contribution in [1.29, 1.82) is 0 Å². The number of carbonyl (C=O) groups is 1. The quantitative estimate of drug-likeness (QED) is 0.906. The van der Waals surface area contributed by atoms with Gasteiger partial charge < -0.3 is 10.1 Å². The predicted octanol–water partition coefficient (Wildman–Crippen LogP) is 2.36. The molecular formula is C15H24N4O2. The Bertz CT molecular complexity index is 478. The number of hydrogen-bond donors (Lipinski definition) is 1. The molecule has 1 saturated heterocycles. The third-order valence-electron chi connectivity index (χ3n) is 3.58. The maximum absolute atomic E-state index is 12.7. The first kappa shape index (κ1) is 15.7. The summed E-state index contributed by atoms with van der Waals surface area (Å²) in [7, 11) is 0. The Balaban J connectivity index is 2.33. The molecule has 1 N–H and O–H groups in total. The van der Waals surface area contributed by atoms with Crippen LogP contribution in [0.5, 0.6) is 0 Å². The summed E-state index contributed by atoms with van der Waals surface area (Å²) in [6, 6.07) is 0. The number of anilines is 1. The Hall–Kier alpha value is -1.69. The van der Waals surface area contributed by atoms with E-state index in [1.807, 2.05) is 20.8 Å². The van der Waals surface area contributed by atoms with Crippen molar-refractivity contribution >= 4 is 11.9 Å². The molecular weight excluding hydrogens is 268 g/mol. The van der Waals surface area contributed by atoms with Crippen molar-refractivity contribution in [2.45, 2.75) is 51.7 Å². The first-order valence-electron chi connectivity index (χ1n) is 7.32. The fourth-order valence-electron chi connectivity index (χ4n) is 2.49. The van der Waals surface area contributed by atoms with E-state index in [1.165, 1.54) is 0 Å². The van der Waals surface area contributed by atoms with Crippen LogP contribution in [0.2, 0.25) is 0 Å². The number of nitrogens with one attached hydrogen (secondary N) is 1. The summed E-state index contributed by atoms with van der Waals surface area (Å²) in [5, 5.41) is 3.32. The van der Waals surface area contributed by atoms with Gasteiger partial charge in [0.15, 0.2) is 5.82 Å². The maximum Gasteiger partial charge on any atom is 0.416 e. The molecule has 1 fully saturated rings. The van der Waals surface area contributed by atoms with E-state index in [9.17, 15) is 4.79 Å². The molecule has 1 aromatic rings. The van der Waals surface area contributed by atoms with Crippen LogP contribution in [0.1, 0.15) is 40.5 Å². The summed E-state index contributed by atoms with van der Waals surface area (Å²) >= 11 is 0. The van der Waals surface area contributed by atoms with Gasteiger partial charge >= 0.3 is 6.09 Å². The van der Waals surface area contributed by atoms with Crippen molar-refractivity contribution in [3.8, 4) is 0 Å². The van der Waals surface area contributed by atoms with Crippen LogP contribution in [0.4, 0.5) is 10.6 Å². The highest BCUT2D eigenvalue weighted by molar-refractivity contribution is 5.88. The highest BCUT2D eigenvalue weighted by Crippen LogP contribution is 2.31. The molecule has 116 valence electrons. The molecule has 1 aliphatic heterocycles. The first-order chi connectivity index (χ1) is 9.82. The van der Waals surface area contributed by atoms with E-state index >= 15 is 0 Å². The number of piperidine rings is 1. The van der Waals surface area contributed by atoms with Gasteiger partial charge in [0.1, 0.15) is 5.60 Å². The van der Waals surface area contributed by atoms with Crippen LogP contribution in [-0.2, 0) is 4.74 Å². The summed E-state index contributed by atoms with van der Waals surface area (Å²) in [5.41, 5.74) is -0.857. The molecule has 2 rings (SSSR count). The van der Waals surface area contributed by atoms with Crippen molar-refractivity contribution in [2.75, 3.05) is 18.0 Å². The highest BCUT2D eigenvalue weighted by Gasteiger charge is 2.40. The van der Waals surface area contributed by atoms with Gasteiger partial charge in [0.2, 0.25) is 0 Å². The molecule has 1 amide bonds. The molecule has 0 radical (unpaired) electrons. The van der Waals surface area contributed by atoms with Crippen molar-refractivity contribution in [1.82, 2.24) is 15.3 Å². The van der Waals surface area contributed by atoms with Crippen molar-refractivity contribution < 1.29 is 9.53 Å². The molecule has 0 spiro atoms. The molecule has 6 heteroatoms. The Morgan fingerprint density at radius 3 is 2.52 bits per heavy atom. The van der Waals surface area contributed by atoms with Crippen LogP contribution in [0.25, 0.3) is 0 Å². The fourth-order valence-corrected chi connectivity index (χ4v) is 2.49. The third-order valence-corrected chi connectivity index (χ3v) is 3.58. The van der Waals surface area contributed by atoms with Crippen molar-refractivity contribution in [3.63, 3.8) is 0 Å². The standard InChI is InChI=1S/C15H24N4O2/c1-14(2,3)21-13(20)19(12-11-17-9-10-18-12)15(4)5-7-16-8-6-15/h9-11,16H,5-8H2,1-4H3. The lowest BCUT2D eigenvalue weighted by molar-refractivity contribution is 0.0525. The van der Waals surface area contributed by atoms with E-state index in [4.69, 9.17) is 4.74 Å². The van der Waals surface area contributed by atoms with Crippen LogP contribution in [0.3, 0.4) is 0 Å². The second-order valence-electron chi connectivity index (χ2n) is 6.63. The lowest BCUT2D eigenvalue weighted by Crippen LogP contribution is -2.56. The van der Waals surface area contributed by atoms with Gasteiger partial charge in [-0.05, 0) is 53.6 Å². The van der Waals surface area contributed by atoms with Crippen LogP contribution in [-0.4, -0.2) is 40.3 Å². The summed E-state index contributed by atoms with van der Waals surface area (Å²) in [6.45, 7) is 9.41. The van der Waals surface area contributed by atoms with Crippen LogP contribution in [0, 0.1) is 0 Å². The summed E-state index contributed by atoms with van der Waals surface area (Å²) in [5.74, 6) is 0.538. The number of hydrogen-bond acceptors (Lipinski definition) is 5. The Kier molecular flexibility index (Phi) is 4.46. The van der Waals surface area contributed by atoms with Crippen LogP contribution >= 0.6 is 0 Å². The number of carbonyl (C=O) groups excluding carboxylic acids is 1. The lowest BCUT2D eigenvalue weighted by Gasteiger charge is -2.43. The number of aromatic nitrogens is 2. The largest absolute Gasteiger partial charge is 0.443 e. The fraction of sp³-hybridized carbons (Fsp3) is 0.667. The number of ether oxygens (including phenoxy) is 1. The van der Waals surface area contributed by atoms with E-state index in [0.29, 0.717) is 5.82 Å². The minimum absolute atomic E-state index is 0.316. The molecule has 21 heavy (non-hydrogen) atoms. The SMILES string of the molecule is CC(C)(C)OC(=O)N(c1cnccn1)C1(C)CCNCC1. The van der Waals surface area contributed by atoms with E-state index < -0.39 is 5.60 Å². The Morgan fingerprint density at radius 2 is 2.00 bits per heavy atom. The van der Waals surface area contributed by atoms with Gasteiger partial charge in [-0.15, -0.1) is 0 Å². The summed E-state index contributed by atoms with van der Waals surface area (Å²) < 4.78 is 5.57. The van der Waals surface area contributed by atoms with Gasteiger partial charge in [-0.1, -0.05) is 0 Å². The summed E-state index contributed by atoms with van der Waals surface area (Å²) in [4.78, 5) is 22.7. The van der Waals surface area contributed by atoms with Gasteiger partial charge in [-0.25, -0.2) is 9.78 Å². The Morgan fingerprint density at radius 1 is 1.33 bits per heavy atom. The van der Waals surface area contributed by atoms with Gasteiger partial charge in [-0.2, -0.15) is 0 Å². The monoisotopic (exact) mass is 292 g/mol. The predicted molar refractivity (Wildman–Crippen MR) is 81.3 cm³/mol. The second-order valence-corrected chi connectivity index (χ2v) is 6.63. The van der Waals surface area contributed by atoms with Crippen LogP contribution in [0.15, 0.2) is 18.6 Å². The zero-order chi connectivity index (χ0) is 15.5. The number of amides is 1. The molecule has 0 atom stereocenters. The topological polar surface area (TPSA) is 67.3 Å². The molecule has 2 heterocycles. The highest BCUT2D eigenvalue weighted by atomic mass is 16.6. The molecule has 0 bridgehead atoms. The lowest BCUT2D eigenvalue weighted by atomic mass is 9.89. The molecule has 0 unspecified atom stereocenters. The normalized spacial score (nSPS) is 18.1. The van der Waals surface area contributed by atoms with Gasteiger partial charge in [0, 0.05) is 12.4 Å². The van der Waals surface area contributed by atoms with E-state index in [0.717, 1.165) is 25.9 Å². The minimum Gasteiger partial charge on any atom is -0.443 e. The average molecular weight is 292 g/mol. The molecule has 0 aromatic carbocycles. The summed E-state index contributed by atoms with van der Waals surface area (Å²) in [6.07, 6.45) is 6.13. The van der Waals surface area contributed by atoms with E-state index in [-0.39, 0.29) is 11.6 Å². The molecule has 0 aliphatic carbocycles. The number of nitrogens with zero attached hydrogens (tertiary/aromatic N) is 3. The first-order valence-corrected chi connectivity index (χ1v) is 7.32. The second kappa shape index (κ2) is 5.97. The zero-order valence-electron chi connectivity index (χ0n) is 13.2. The molecule has 1 aromatic heterocycles. The van der Waals surface area contributed by atoms with E-state index in [1.54, 1.807) is 23.5 Å². The van der Waals surface area contributed by atoms with E-state index in [2.05, 4.69) is 22.2 Å². The number of rotatable bonds is 2. The van der Waals surface area contributed by atoms with Gasteiger partial charge in [-0.3, -0.25) is 9.88 Å². The van der Waals surface area contributed by atoms with Crippen LogP contribution < -0.4 is 10.2 Å². The maximum atomic E-state index is 12.7. The molecule has 6 nitrogen and oxygen atoms in total. The minimum atomic E-state index is -0.541. The zero-order valence-corrected chi connectivity index (χ0v) is 13.2. The van der Waals surface area contributed by atoms with Gasteiger partial charge in [0.25, 0.3) is 0 Å².